The summed E-state index contributed by atoms with van der Waals surface area (Å²) >= 11 is 0. The van der Waals surface area contributed by atoms with E-state index in [0.717, 1.165) is 11.8 Å². The second-order valence-corrected chi connectivity index (χ2v) is 7.31. The van der Waals surface area contributed by atoms with E-state index >= 15 is 0 Å². The van der Waals surface area contributed by atoms with Gasteiger partial charge in [-0.3, -0.25) is 9.59 Å². The van der Waals surface area contributed by atoms with Gasteiger partial charge in [-0.05, 0) is 49.9 Å². The Morgan fingerprint density at radius 1 is 1.25 bits per heavy atom. The third-order valence-corrected chi connectivity index (χ3v) is 6.30. The molecule has 3 saturated carbocycles. The molecule has 4 aliphatic rings. The summed E-state index contributed by atoms with van der Waals surface area (Å²) < 4.78 is 5.29. The van der Waals surface area contributed by atoms with Crippen LogP contribution in [-0.4, -0.2) is 36.2 Å². The number of carbonyl (C=O) groups excluding carboxylic acids is 1. The first-order valence-electron chi connectivity index (χ1n) is 7.64. The van der Waals surface area contributed by atoms with Crippen LogP contribution in [0.15, 0.2) is 0 Å². The number of fused-ring (bicyclic) bond motifs is 5. The molecule has 1 aliphatic heterocycles. The van der Waals surface area contributed by atoms with Crippen molar-refractivity contribution in [1.82, 2.24) is 5.32 Å². The van der Waals surface area contributed by atoms with Crippen molar-refractivity contribution < 1.29 is 19.4 Å². The molecule has 110 valence electrons. The summed E-state index contributed by atoms with van der Waals surface area (Å²) in [7, 11) is 0. The fraction of sp³-hybridized carbons (Fsp3) is 0.867. The Labute approximate surface area is 118 Å². The zero-order valence-corrected chi connectivity index (χ0v) is 11.7. The summed E-state index contributed by atoms with van der Waals surface area (Å²) in [6, 6.07) is -0.397. The normalized spacial score (nSPS) is 51.9. The summed E-state index contributed by atoms with van der Waals surface area (Å²) in [5.41, 5.74) is -0.987. The van der Waals surface area contributed by atoms with Crippen LogP contribution in [0.25, 0.3) is 0 Å². The van der Waals surface area contributed by atoms with Crippen LogP contribution in [0.3, 0.4) is 0 Å². The van der Waals surface area contributed by atoms with Gasteiger partial charge >= 0.3 is 5.97 Å². The van der Waals surface area contributed by atoms with Gasteiger partial charge in [-0.15, -0.1) is 0 Å². The zero-order valence-electron chi connectivity index (χ0n) is 11.7. The van der Waals surface area contributed by atoms with Crippen molar-refractivity contribution in [2.75, 3.05) is 13.2 Å². The van der Waals surface area contributed by atoms with E-state index in [1.165, 1.54) is 19.3 Å². The minimum absolute atomic E-state index is 0.0691. The number of amides is 1. The first-order chi connectivity index (χ1) is 9.52. The lowest BCUT2D eigenvalue weighted by Gasteiger charge is -2.26. The molecule has 20 heavy (non-hydrogen) atoms. The predicted octanol–water partition coefficient (Wildman–Crippen LogP) is 0.884. The number of rotatable bonds is 3. The van der Waals surface area contributed by atoms with Crippen LogP contribution in [-0.2, 0) is 14.3 Å². The maximum atomic E-state index is 12.4. The lowest BCUT2D eigenvalue weighted by molar-refractivity contribution is -0.149. The van der Waals surface area contributed by atoms with Crippen LogP contribution in [0.1, 0.15) is 26.2 Å². The van der Waals surface area contributed by atoms with E-state index in [4.69, 9.17) is 4.74 Å². The summed E-state index contributed by atoms with van der Waals surface area (Å²) in [4.78, 5) is 23.8. The van der Waals surface area contributed by atoms with Crippen LogP contribution >= 0.6 is 0 Å². The second-order valence-electron chi connectivity index (χ2n) is 7.31. The van der Waals surface area contributed by atoms with Crippen molar-refractivity contribution in [3.8, 4) is 0 Å². The first-order valence-corrected chi connectivity index (χ1v) is 7.64. The second kappa shape index (κ2) is 3.97. The largest absolute Gasteiger partial charge is 0.481 e. The van der Waals surface area contributed by atoms with Crippen LogP contribution in [0.2, 0.25) is 0 Å². The lowest BCUT2D eigenvalue weighted by atomic mass is 9.85. The SMILES string of the molecule is CC1(C(=O)O)COCC1NC(=O)C1C2C3CCC(C3)C12. The van der Waals surface area contributed by atoms with Gasteiger partial charge < -0.3 is 15.2 Å². The molecule has 1 heterocycles. The van der Waals surface area contributed by atoms with Crippen molar-refractivity contribution in [3.63, 3.8) is 0 Å². The highest BCUT2D eigenvalue weighted by Crippen LogP contribution is 2.69. The molecule has 6 atom stereocenters. The molecular formula is C15H21NO4. The van der Waals surface area contributed by atoms with Gasteiger partial charge in [0.2, 0.25) is 5.91 Å². The molecule has 0 spiro atoms. The Morgan fingerprint density at radius 2 is 1.90 bits per heavy atom. The number of carbonyl (C=O) groups is 2. The highest BCUT2D eigenvalue weighted by Gasteiger charge is 2.67. The monoisotopic (exact) mass is 279 g/mol. The number of ether oxygens (including phenoxy) is 1. The van der Waals surface area contributed by atoms with Crippen molar-refractivity contribution >= 4 is 11.9 Å². The summed E-state index contributed by atoms with van der Waals surface area (Å²) in [6.45, 7) is 2.14. The standard InChI is InChI=1S/C15H21NO4/c1-15(14(18)19)6-20-5-9(15)16-13(17)12-10-7-2-3-8(4-7)11(10)12/h7-12H,2-6H2,1H3,(H,16,17)(H,18,19). The van der Waals surface area contributed by atoms with Gasteiger partial charge in [0.1, 0.15) is 5.41 Å². The fourth-order valence-corrected chi connectivity index (χ4v) is 5.03. The van der Waals surface area contributed by atoms with E-state index in [0.29, 0.717) is 18.4 Å². The molecule has 5 heteroatoms. The third kappa shape index (κ3) is 1.53. The molecule has 1 saturated heterocycles. The van der Waals surface area contributed by atoms with Crippen LogP contribution in [0, 0.1) is 35.0 Å². The van der Waals surface area contributed by atoms with E-state index in [1.54, 1.807) is 6.92 Å². The molecule has 6 unspecified atom stereocenters. The topological polar surface area (TPSA) is 75.6 Å². The molecule has 5 nitrogen and oxygen atoms in total. The molecule has 3 aliphatic carbocycles. The van der Waals surface area contributed by atoms with E-state index in [2.05, 4.69) is 5.32 Å². The number of hydrogen-bond acceptors (Lipinski definition) is 3. The maximum absolute atomic E-state index is 12.4. The van der Waals surface area contributed by atoms with E-state index < -0.39 is 17.4 Å². The summed E-state index contributed by atoms with van der Waals surface area (Å²) in [5, 5.41) is 12.3. The van der Waals surface area contributed by atoms with Gasteiger partial charge in [0.25, 0.3) is 0 Å². The zero-order chi connectivity index (χ0) is 14.1. The van der Waals surface area contributed by atoms with Crippen molar-refractivity contribution in [2.24, 2.45) is 35.0 Å². The number of carboxylic acid groups (broad SMARTS) is 1. The van der Waals surface area contributed by atoms with Crippen molar-refractivity contribution in [1.29, 1.82) is 0 Å². The lowest BCUT2D eigenvalue weighted by Crippen LogP contribution is -2.50. The molecule has 0 radical (unpaired) electrons. The Hall–Kier alpha value is -1.10. The molecule has 4 fully saturated rings. The molecule has 0 aromatic rings. The van der Waals surface area contributed by atoms with Gasteiger partial charge in [0.05, 0.1) is 19.3 Å². The van der Waals surface area contributed by atoms with Crippen molar-refractivity contribution in [3.05, 3.63) is 0 Å². The van der Waals surface area contributed by atoms with Crippen LogP contribution < -0.4 is 5.32 Å². The molecule has 2 bridgehead atoms. The Kier molecular flexibility index (Phi) is 2.50. The van der Waals surface area contributed by atoms with Crippen LogP contribution in [0.4, 0.5) is 0 Å². The van der Waals surface area contributed by atoms with Crippen molar-refractivity contribution in [2.45, 2.75) is 32.2 Å². The first kappa shape index (κ1) is 12.6. The molecule has 0 aromatic carbocycles. The highest BCUT2D eigenvalue weighted by molar-refractivity contribution is 5.84. The minimum atomic E-state index is -0.987. The fourth-order valence-electron chi connectivity index (χ4n) is 5.03. The van der Waals surface area contributed by atoms with E-state index in [-0.39, 0.29) is 18.4 Å². The number of aliphatic carboxylic acids is 1. The minimum Gasteiger partial charge on any atom is -0.481 e. The smallest absolute Gasteiger partial charge is 0.313 e. The van der Waals surface area contributed by atoms with E-state index in [9.17, 15) is 14.7 Å². The summed E-state index contributed by atoms with van der Waals surface area (Å²) in [6.07, 6.45) is 3.89. The average Bonchev–Trinajstić information content (AvgIpc) is 2.72. The molecule has 0 aromatic heterocycles. The van der Waals surface area contributed by atoms with Gasteiger partial charge in [0.15, 0.2) is 0 Å². The quantitative estimate of drug-likeness (QED) is 0.804. The van der Waals surface area contributed by atoms with Gasteiger partial charge in [-0.25, -0.2) is 0 Å². The predicted molar refractivity (Wildman–Crippen MR) is 69.8 cm³/mol. The number of nitrogens with one attached hydrogen (secondary N) is 1. The van der Waals surface area contributed by atoms with Crippen LogP contribution in [0.5, 0.6) is 0 Å². The van der Waals surface area contributed by atoms with Gasteiger partial charge in [-0.2, -0.15) is 0 Å². The molecule has 1 amide bonds. The number of hydrogen-bond donors (Lipinski definition) is 2. The van der Waals surface area contributed by atoms with Gasteiger partial charge in [0, 0.05) is 5.92 Å². The third-order valence-electron chi connectivity index (χ3n) is 6.30. The highest BCUT2D eigenvalue weighted by atomic mass is 16.5. The number of carboxylic acids is 1. The summed E-state index contributed by atoms with van der Waals surface area (Å²) in [5.74, 6) is 2.02. The molecule has 4 rings (SSSR count). The molecular weight excluding hydrogens is 258 g/mol. The van der Waals surface area contributed by atoms with E-state index in [1.807, 2.05) is 0 Å². The average molecular weight is 279 g/mol. The van der Waals surface area contributed by atoms with Gasteiger partial charge in [-0.1, -0.05) is 0 Å². The molecule has 2 N–H and O–H groups in total. The maximum Gasteiger partial charge on any atom is 0.313 e. The Morgan fingerprint density at radius 3 is 2.50 bits per heavy atom. The Bertz CT molecular complexity index is 462. The Balaban J connectivity index is 1.43.